The first-order chi connectivity index (χ1) is 19.9. The SMILES string of the molecule is CC1=C[C@@H]2N(c3ccccc31)[C@H](C(=O)c1ccccc1Cl)[C@H](C(=O)c1ccccc1Cl)[C@@]21C(=O)Nc2ccccc21. The van der Waals surface area contributed by atoms with Gasteiger partial charge in [0.15, 0.2) is 11.6 Å². The van der Waals surface area contributed by atoms with Gasteiger partial charge in [0.2, 0.25) is 5.91 Å². The van der Waals surface area contributed by atoms with Crippen LogP contribution in [0.4, 0.5) is 11.4 Å². The minimum absolute atomic E-state index is 0.264. The molecular formula is C34H24Cl2N2O3. The van der Waals surface area contributed by atoms with Crippen LogP contribution in [0.1, 0.15) is 38.8 Å². The number of rotatable bonds is 4. The monoisotopic (exact) mass is 578 g/mol. The van der Waals surface area contributed by atoms with E-state index in [1.807, 2.05) is 66.4 Å². The molecule has 1 fully saturated rings. The summed E-state index contributed by atoms with van der Waals surface area (Å²) in [6.07, 6.45) is 2.02. The highest BCUT2D eigenvalue weighted by Crippen LogP contribution is 2.59. The van der Waals surface area contributed by atoms with Gasteiger partial charge in [0.25, 0.3) is 0 Å². The molecule has 0 saturated carbocycles. The second-order valence-corrected chi connectivity index (χ2v) is 11.5. The Hall–Kier alpha value is -4.19. The van der Waals surface area contributed by atoms with Crippen LogP contribution in [0.25, 0.3) is 5.57 Å². The van der Waals surface area contributed by atoms with Crippen molar-refractivity contribution in [2.24, 2.45) is 5.92 Å². The molecule has 0 radical (unpaired) electrons. The number of hydrogen-bond donors (Lipinski definition) is 1. The maximum Gasteiger partial charge on any atom is 0.238 e. The molecule has 4 aromatic rings. The van der Waals surface area contributed by atoms with E-state index in [1.54, 1.807) is 48.5 Å². The highest BCUT2D eigenvalue weighted by atomic mass is 35.5. The smallest absolute Gasteiger partial charge is 0.238 e. The standard InChI is InChI=1S/C34H24Cl2N2O3/c1-19-18-28-34(23-13-5-8-16-26(23)37-33(34)41)29(31(39)21-11-2-6-14-24(21)35)30(32(40)22-12-3-7-15-25(22)36)38(28)27-17-9-4-10-20(19)27/h2-18,28-30H,1H3,(H,37,41)/t28-,29+,30-,34-/m0/s1. The molecule has 1 N–H and O–H groups in total. The van der Waals surface area contributed by atoms with Gasteiger partial charge < -0.3 is 10.2 Å². The zero-order valence-electron chi connectivity index (χ0n) is 22.0. The zero-order valence-corrected chi connectivity index (χ0v) is 23.5. The quantitative estimate of drug-likeness (QED) is 0.259. The molecule has 0 bridgehead atoms. The predicted octanol–water partition coefficient (Wildman–Crippen LogP) is 7.24. The Morgan fingerprint density at radius 1 is 0.780 bits per heavy atom. The number of hydrogen-bond acceptors (Lipinski definition) is 4. The molecular weight excluding hydrogens is 555 g/mol. The normalized spacial score (nSPS) is 23.9. The number of carbonyl (C=O) groups is 3. The van der Waals surface area contributed by atoms with Gasteiger partial charge in [-0.3, -0.25) is 14.4 Å². The van der Waals surface area contributed by atoms with Gasteiger partial charge in [-0.2, -0.15) is 0 Å². The van der Waals surface area contributed by atoms with Crippen LogP contribution in [0, 0.1) is 5.92 Å². The summed E-state index contributed by atoms with van der Waals surface area (Å²) in [7, 11) is 0. The molecule has 5 nitrogen and oxygen atoms in total. The molecule has 1 saturated heterocycles. The molecule has 0 aliphatic carbocycles. The Bertz CT molecular complexity index is 1820. The first kappa shape index (κ1) is 25.8. The van der Waals surface area contributed by atoms with E-state index >= 15 is 0 Å². The van der Waals surface area contributed by atoms with Gasteiger partial charge >= 0.3 is 0 Å². The Morgan fingerprint density at radius 2 is 1.37 bits per heavy atom. The molecule has 1 spiro atoms. The molecule has 7 heteroatoms. The number of allylic oxidation sites excluding steroid dienone is 1. The average molecular weight is 579 g/mol. The van der Waals surface area contributed by atoms with Gasteiger partial charge in [-0.25, -0.2) is 0 Å². The number of nitrogens with one attached hydrogen (secondary N) is 1. The van der Waals surface area contributed by atoms with Crippen molar-refractivity contribution >= 4 is 57.6 Å². The minimum atomic E-state index is -1.41. The molecule has 202 valence electrons. The van der Waals surface area contributed by atoms with Gasteiger partial charge in [-0.05, 0) is 54.5 Å². The van der Waals surface area contributed by atoms with E-state index in [0.717, 1.165) is 16.8 Å². The van der Waals surface area contributed by atoms with Gasteiger partial charge in [0.05, 0.1) is 22.0 Å². The summed E-state index contributed by atoms with van der Waals surface area (Å²) in [4.78, 5) is 46.0. The molecule has 3 aliphatic heterocycles. The van der Waals surface area contributed by atoms with E-state index in [1.165, 1.54) is 0 Å². The summed E-state index contributed by atoms with van der Waals surface area (Å²) >= 11 is 13.2. The molecule has 4 aromatic carbocycles. The van der Waals surface area contributed by atoms with Crippen molar-refractivity contribution in [2.45, 2.75) is 24.4 Å². The van der Waals surface area contributed by atoms with E-state index in [0.29, 0.717) is 16.8 Å². The molecule has 3 heterocycles. The Morgan fingerprint density at radius 3 is 2.07 bits per heavy atom. The second kappa shape index (κ2) is 9.44. The van der Waals surface area contributed by atoms with Crippen LogP contribution in [-0.2, 0) is 10.2 Å². The van der Waals surface area contributed by atoms with Gasteiger partial charge in [-0.1, -0.05) is 89.9 Å². The number of anilines is 2. The van der Waals surface area contributed by atoms with E-state index in [9.17, 15) is 14.4 Å². The first-order valence-electron chi connectivity index (χ1n) is 13.4. The van der Waals surface area contributed by atoms with Crippen LogP contribution >= 0.6 is 23.2 Å². The summed E-state index contributed by atoms with van der Waals surface area (Å²) < 4.78 is 0. The number of benzene rings is 4. The van der Waals surface area contributed by atoms with Crippen LogP contribution < -0.4 is 10.2 Å². The van der Waals surface area contributed by atoms with Crippen molar-refractivity contribution in [1.82, 2.24) is 0 Å². The van der Waals surface area contributed by atoms with Crippen LogP contribution in [0.5, 0.6) is 0 Å². The molecule has 0 unspecified atom stereocenters. The van der Waals surface area contributed by atoms with Gasteiger partial charge in [0, 0.05) is 28.1 Å². The number of halogens is 2. The lowest BCUT2D eigenvalue weighted by molar-refractivity contribution is -0.121. The van der Waals surface area contributed by atoms with Crippen LogP contribution in [0.3, 0.4) is 0 Å². The summed E-state index contributed by atoms with van der Waals surface area (Å²) in [5, 5.41) is 3.59. The van der Waals surface area contributed by atoms with Crippen LogP contribution in [0.2, 0.25) is 10.0 Å². The molecule has 7 rings (SSSR count). The van der Waals surface area contributed by atoms with Crippen molar-refractivity contribution in [3.05, 3.63) is 135 Å². The fourth-order valence-electron chi connectivity index (χ4n) is 7.04. The Kier molecular flexibility index (Phi) is 5.93. The van der Waals surface area contributed by atoms with Gasteiger partial charge in [0.1, 0.15) is 11.5 Å². The fraction of sp³-hybridized carbons (Fsp3) is 0.147. The van der Waals surface area contributed by atoms with Crippen molar-refractivity contribution in [3.63, 3.8) is 0 Å². The number of amides is 1. The summed E-state index contributed by atoms with van der Waals surface area (Å²) in [6.45, 7) is 2.00. The Balaban J connectivity index is 1.58. The number of para-hydroxylation sites is 2. The molecule has 0 aromatic heterocycles. The third-order valence-corrected chi connectivity index (χ3v) is 9.37. The van der Waals surface area contributed by atoms with Gasteiger partial charge in [-0.15, -0.1) is 0 Å². The number of nitrogens with zero attached hydrogens (tertiary/aromatic N) is 1. The van der Waals surface area contributed by atoms with Crippen molar-refractivity contribution in [2.75, 3.05) is 10.2 Å². The highest BCUT2D eigenvalue weighted by Gasteiger charge is 2.70. The predicted molar refractivity (Wildman–Crippen MR) is 162 cm³/mol. The first-order valence-corrected chi connectivity index (χ1v) is 14.2. The summed E-state index contributed by atoms with van der Waals surface area (Å²) in [5.41, 5.74) is 3.15. The van der Waals surface area contributed by atoms with E-state index < -0.39 is 23.4 Å². The van der Waals surface area contributed by atoms with Crippen LogP contribution in [-0.4, -0.2) is 29.6 Å². The average Bonchev–Trinajstić information content (AvgIpc) is 3.45. The lowest BCUT2D eigenvalue weighted by atomic mass is 9.64. The van der Waals surface area contributed by atoms with Crippen molar-refractivity contribution < 1.29 is 14.4 Å². The Labute approximate surface area is 247 Å². The largest absolute Gasteiger partial charge is 0.352 e. The van der Waals surface area contributed by atoms with E-state index in [2.05, 4.69) is 5.32 Å². The number of ketones is 2. The van der Waals surface area contributed by atoms with Crippen molar-refractivity contribution in [1.29, 1.82) is 0 Å². The third-order valence-electron chi connectivity index (χ3n) is 8.71. The minimum Gasteiger partial charge on any atom is -0.352 e. The summed E-state index contributed by atoms with van der Waals surface area (Å²) in [5.74, 6) is -2.14. The number of Topliss-reactive ketones (excluding diaryl/α,β-unsaturated/α-hetero) is 2. The second-order valence-electron chi connectivity index (χ2n) is 10.7. The maximum absolute atomic E-state index is 14.9. The topological polar surface area (TPSA) is 66.5 Å². The number of fused-ring (bicyclic) bond motifs is 6. The van der Waals surface area contributed by atoms with E-state index in [-0.39, 0.29) is 33.1 Å². The number of carbonyl (C=O) groups excluding carboxylic acids is 3. The lowest BCUT2D eigenvalue weighted by Gasteiger charge is -2.39. The zero-order chi connectivity index (χ0) is 28.5. The summed E-state index contributed by atoms with van der Waals surface area (Å²) in [6, 6.07) is 27.1. The fourth-order valence-corrected chi connectivity index (χ4v) is 7.49. The maximum atomic E-state index is 14.9. The van der Waals surface area contributed by atoms with E-state index in [4.69, 9.17) is 23.2 Å². The molecule has 3 aliphatic rings. The molecule has 41 heavy (non-hydrogen) atoms. The lowest BCUT2D eigenvalue weighted by Crippen LogP contribution is -2.51. The molecule has 1 amide bonds. The van der Waals surface area contributed by atoms with Crippen molar-refractivity contribution in [3.8, 4) is 0 Å². The molecule has 4 atom stereocenters. The highest BCUT2D eigenvalue weighted by molar-refractivity contribution is 6.36. The van der Waals surface area contributed by atoms with Crippen LogP contribution in [0.15, 0.2) is 103 Å². The third kappa shape index (κ3) is 3.52.